The Bertz CT molecular complexity index is 1030. The molecule has 1 amide bonds. The van der Waals surface area contributed by atoms with Gasteiger partial charge in [0.15, 0.2) is 0 Å². The van der Waals surface area contributed by atoms with Crippen LogP contribution in [-0.2, 0) is 14.3 Å². The lowest BCUT2D eigenvalue weighted by molar-refractivity contribution is -0.140. The second-order valence-electron chi connectivity index (χ2n) is 7.33. The molecule has 1 saturated heterocycles. The minimum atomic E-state index is -0.767. The van der Waals surface area contributed by atoms with E-state index < -0.39 is 17.7 Å². The Morgan fingerprint density at radius 1 is 1.10 bits per heavy atom. The number of Topliss-reactive ketones (excluding diaryl/α,β-unsaturated/α-hetero) is 1. The highest BCUT2D eigenvalue weighted by atomic mass is 35.5. The van der Waals surface area contributed by atoms with Crippen molar-refractivity contribution in [3.8, 4) is 0 Å². The number of methoxy groups -OCH3 is 1. The Kier molecular flexibility index (Phi) is 6.86. The highest BCUT2D eigenvalue weighted by Gasteiger charge is 2.46. The van der Waals surface area contributed by atoms with Crippen molar-refractivity contribution >= 4 is 40.7 Å². The highest BCUT2D eigenvalue weighted by molar-refractivity contribution is 6.47. The van der Waals surface area contributed by atoms with Crippen molar-refractivity contribution in [1.29, 1.82) is 0 Å². The number of aryl methyl sites for hydroxylation is 2. The monoisotopic (exact) mass is 447 g/mol. The number of hydrogen-bond donors (Lipinski definition) is 1. The molecule has 5 nitrogen and oxygen atoms in total. The average Bonchev–Trinajstić information content (AvgIpc) is 2.96. The smallest absolute Gasteiger partial charge is 0.295 e. The van der Waals surface area contributed by atoms with Crippen LogP contribution in [0.25, 0.3) is 5.76 Å². The Labute approximate surface area is 185 Å². The molecule has 1 unspecified atom stereocenters. The summed E-state index contributed by atoms with van der Waals surface area (Å²) in [5.74, 6) is -1.57. The van der Waals surface area contributed by atoms with Gasteiger partial charge in [-0.05, 0) is 49.6 Å². The largest absolute Gasteiger partial charge is 0.507 e. The first-order valence-electron chi connectivity index (χ1n) is 9.56. The van der Waals surface area contributed by atoms with Gasteiger partial charge in [-0.15, -0.1) is 0 Å². The lowest BCUT2D eigenvalue weighted by atomic mass is 9.93. The van der Waals surface area contributed by atoms with Gasteiger partial charge in [-0.25, -0.2) is 0 Å². The van der Waals surface area contributed by atoms with Crippen LogP contribution in [0.5, 0.6) is 0 Å². The van der Waals surface area contributed by atoms with Crippen molar-refractivity contribution in [2.24, 2.45) is 0 Å². The third kappa shape index (κ3) is 4.24. The summed E-state index contributed by atoms with van der Waals surface area (Å²) < 4.78 is 5.09. The summed E-state index contributed by atoms with van der Waals surface area (Å²) in [4.78, 5) is 27.3. The molecule has 2 aromatic carbocycles. The van der Waals surface area contributed by atoms with Crippen LogP contribution in [0, 0.1) is 13.8 Å². The van der Waals surface area contributed by atoms with E-state index in [-0.39, 0.29) is 11.3 Å². The predicted molar refractivity (Wildman–Crippen MR) is 118 cm³/mol. The molecule has 1 heterocycles. The van der Waals surface area contributed by atoms with E-state index in [1.165, 1.54) is 4.90 Å². The first-order valence-corrected chi connectivity index (χ1v) is 10.3. The maximum absolute atomic E-state index is 13.0. The van der Waals surface area contributed by atoms with Crippen LogP contribution in [0.15, 0.2) is 42.0 Å². The van der Waals surface area contributed by atoms with Gasteiger partial charge in [-0.2, -0.15) is 0 Å². The molecule has 0 spiro atoms. The van der Waals surface area contributed by atoms with Gasteiger partial charge in [0.1, 0.15) is 5.76 Å². The van der Waals surface area contributed by atoms with Gasteiger partial charge in [0.25, 0.3) is 11.7 Å². The molecule has 1 aliphatic rings. The SMILES string of the molecule is COCCCN1C(=O)C(=O)/C(=C(/O)c2cc(C)ccc2C)C1c1ccc(Cl)c(Cl)c1. The summed E-state index contributed by atoms with van der Waals surface area (Å²) in [5, 5.41) is 11.8. The van der Waals surface area contributed by atoms with Crippen molar-refractivity contribution in [2.75, 3.05) is 20.3 Å². The minimum absolute atomic E-state index is 0.0458. The number of amides is 1. The minimum Gasteiger partial charge on any atom is -0.507 e. The molecule has 0 saturated carbocycles. The van der Waals surface area contributed by atoms with Crippen LogP contribution in [0.1, 0.15) is 34.7 Å². The van der Waals surface area contributed by atoms with Crippen molar-refractivity contribution in [1.82, 2.24) is 4.90 Å². The van der Waals surface area contributed by atoms with Gasteiger partial charge in [-0.1, -0.05) is 47.0 Å². The molecular formula is C23H23Cl2NO4. The zero-order valence-corrected chi connectivity index (χ0v) is 18.5. The van der Waals surface area contributed by atoms with E-state index in [1.54, 1.807) is 31.4 Å². The predicted octanol–water partition coefficient (Wildman–Crippen LogP) is 5.07. The van der Waals surface area contributed by atoms with E-state index in [4.69, 9.17) is 27.9 Å². The molecule has 2 aromatic rings. The van der Waals surface area contributed by atoms with E-state index in [0.717, 1.165) is 11.1 Å². The summed E-state index contributed by atoms with van der Waals surface area (Å²) in [5.41, 5.74) is 2.91. The van der Waals surface area contributed by atoms with Crippen molar-refractivity contribution in [3.63, 3.8) is 0 Å². The second kappa shape index (κ2) is 9.21. The number of aliphatic hydroxyl groups excluding tert-OH is 1. The first kappa shape index (κ1) is 22.3. The number of ketones is 1. The Balaban J connectivity index is 2.19. The fraction of sp³-hybridized carbons (Fsp3) is 0.304. The average molecular weight is 448 g/mol. The molecule has 7 heteroatoms. The third-order valence-electron chi connectivity index (χ3n) is 5.20. The van der Waals surface area contributed by atoms with Crippen LogP contribution in [0.4, 0.5) is 0 Å². The molecular weight excluding hydrogens is 425 g/mol. The molecule has 0 aliphatic carbocycles. The number of carbonyl (C=O) groups is 2. The van der Waals surface area contributed by atoms with E-state index in [0.29, 0.717) is 40.7 Å². The number of nitrogens with zero attached hydrogens (tertiary/aromatic N) is 1. The van der Waals surface area contributed by atoms with Crippen LogP contribution >= 0.6 is 23.2 Å². The summed E-state index contributed by atoms with van der Waals surface area (Å²) >= 11 is 12.3. The zero-order valence-electron chi connectivity index (χ0n) is 17.0. The van der Waals surface area contributed by atoms with Crippen LogP contribution in [-0.4, -0.2) is 42.0 Å². The molecule has 3 rings (SSSR count). The molecule has 1 atom stereocenters. The topological polar surface area (TPSA) is 66.8 Å². The molecule has 0 bridgehead atoms. The lowest BCUT2D eigenvalue weighted by Gasteiger charge is -2.25. The Hall–Kier alpha value is -2.34. The van der Waals surface area contributed by atoms with Crippen molar-refractivity contribution in [2.45, 2.75) is 26.3 Å². The zero-order chi connectivity index (χ0) is 22.0. The summed E-state index contributed by atoms with van der Waals surface area (Å²) in [7, 11) is 1.57. The van der Waals surface area contributed by atoms with Crippen LogP contribution in [0.2, 0.25) is 10.0 Å². The number of rotatable bonds is 6. The molecule has 30 heavy (non-hydrogen) atoms. The highest BCUT2D eigenvalue weighted by Crippen LogP contribution is 2.41. The molecule has 0 aromatic heterocycles. The number of likely N-dealkylation sites (tertiary alicyclic amines) is 1. The first-order chi connectivity index (χ1) is 14.3. The Morgan fingerprint density at radius 2 is 1.83 bits per heavy atom. The van der Waals surface area contributed by atoms with E-state index >= 15 is 0 Å². The molecule has 0 radical (unpaired) electrons. The van der Waals surface area contributed by atoms with E-state index in [1.807, 2.05) is 26.0 Å². The van der Waals surface area contributed by atoms with Crippen LogP contribution in [0.3, 0.4) is 0 Å². The van der Waals surface area contributed by atoms with Gasteiger partial charge >= 0.3 is 0 Å². The fourth-order valence-electron chi connectivity index (χ4n) is 3.65. The maximum atomic E-state index is 13.0. The second-order valence-corrected chi connectivity index (χ2v) is 8.15. The van der Waals surface area contributed by atoms with Gasteiger partial charge < -0.3 is 14.7 Å². The van der Waals surface area contributed by atoms with Gasteiger partial charge in [-0.3, -0.25) is 9.59 Å². The molecule has 158 valence electrons. The molecule has 1 aliphatic heterocycles. The van der Waals surface area contributed by atoms with Gasteiger partial charge in [0.2, 0.25) is 0 Å². The number of hydrogen-bond acceptors (Lipinski definition) is 4. The standard InChI is InChI=1S/C23H23Cl2NO4/c1-13-5-6-14(2)16(11-13)21(27)19-20(15-7-8-17(24)18(25)12-15)26(9-4-10-30-3)23(29)22(19)28/h5-8,11-12,20,27H,4,9-10H2,1-3H3/b21-19+. The fourth-order valence-corrected chi connectivity index (χ4v) is 3.96. The Morgan fingerprint density at radius 3 is 2.50 bits per heavy atom. The van der Waals surface area contributed by atoms with Crippen LogP contribution < -0.4 is 0 Å². The van der Waals surface area contributed by atoms with Gasteiger partial charge in [0.05, 0.1) is 21.7 Å². The van der Waals surface area contributed by atoms with Crippen molar-refractivity contribution in [3.05, 3.63) is 74.3 Å². The third-order valence-corrected chi connectivity index (χ3v) is 5.93. The summed E-state index contributed by atoms with van der Waals surface area (Å²) in [6, 6.07) is 9.78. The van der Waals surface area contributed by atoms with E-state index in [2.05, 4.69) is 0 Å². The summed E-state index contributed by atoms with van der Waals surface area (Å²) in [6.07, 6.45) is 0.546. The number of ether oxygens (including phenoxy) is 1. The lowest BCUT2D eigenvalue weighted by Crippen LogP contribution is -2.31. The number of benzene rings is 2. The summed E-state index contributed by atoms with van der Waals surface area (Å²) in [6.45, 7) is 4.48. The number of halogens is 2. The quantitative estimate of drug-likeness (QED) is 0.290. The van der Waals surface area contributed by atoms with E-state index in [9.17, 15) is 14.7 Å². The number of carbonyl (C=O) groups excluding carboxylic acids is 2. The van der Waals surface area contributed by atoms with Gasteiger partial charge in [0, 0.05) is 25.8 Å². The number of aliphatic hydroxyl groups is 1. The normalized spacial score (nSPS) is 18.3. The van der Waals surface area contributed by atoms with Crippen molar-refractivity contribution < 1.29 is 19.4 Å². The molecule has 1 fully saturated rings. The maximum Gasteiger partial charge on any atom is 0.295 e. The molecule has 1 N–H and O–H groups in total.